The minimum Gasteiger partial charge on any atom is -0.495 e. The van der Waals surface area contributed by atoms with E-state index in [1.807, 2.05) is 30.3 Å². The number of nitrogens with zero attached hydrogens (tertiary/aromatic N) is 2. The van der Waals surface area contributed by atoms with Crippen molar-refractivity contribution in [2.45, 2.75) is 25.9 Å². The van der Waals surface area contributed by atoms with Crippen molar-refractivity contribution in [2.24, 2.45) is 0 Å². The minimum atomic E-state index is -3.94. The van der Waals surface area contributed by atoms with Crippen LogP contribution in [0, 0.1) is 0 Å². The van der Waals surface area contributed by atoms with Crippen LogP contribution < -0.4 is 14.4 Å². The molecule has 0 saturated heterocycles. The standard InChI is InChI=1S/C28H30Cl3N3O5S/c1-4-32-28(36)25(15-19-8-6-5-7-9-19)33(17-20-10-12-22(29)23(30)14-20)27(35)18-34(40(3,37)38)21-11-13-26(39-2)24(31)16-21/h5-14,16,25H,4,15,17-18H2,1-3H3,(H,32,36). The van der Waals surface area contributed by atoms with Gasteiger partial charge < -0.3 is 15.0 Å². The molecule has 1 N–H and O–H groups in total. The summed E-state index contributed by atoms with van der Waals surface area (Å²) in [5.74, 6) is -0.626. The van der Waals surface area contributed by atoms with Crippen LogP contribution in [0.1, 0.15) is 18.1 Å². The van der Waals surface area contributed by atoms with Crippen LogP contribution in [0.5, 0.6) is 5.75 Å². The third-order valence-electron chi connectivity index (χ3n) is 6.06. The van der Waals surface area contributed by atoms with Gasteiger partial charge in [-0.1, -0.05) is 71.2 Å². The zero-order valence-electron chi connectivity index (χ0n) is 22.2. The van der Waals surface area contributed by atoms with E-state index < -0.39 is 28.5 Å². The van der Waals surface area contributed by atoms with E-state index in [2.05, 4.69) is 5.32 Å². The molecule has 0 bridgehead atoms. The molecule has 0 aliphatic rings. The van der Waals surface area contributed by atoms with E-state index in [0.29, 0.717) is 22.9 Å². The van der Waals surface area contributed by atoms with E-state index in [4.69, 9.17) is 39.5 Å². The molecule has 0 saturated carbocycles. The second-order valence-corrected chi connectivity index (χ2v) is 12.1. The number of sulfonamides is 1. The monoisotopic (exact) mass is 625 g/mol. The smallest absolute Gasteiger partial charge is 0.244 e. The van der Waals surface area contributed by atoms with Gasteiger partial charge in [0.15, 0.2) is 0 Å². The Morgan fingerprint density at radius 1 is 0.925 bits per heavy atom. The lowest BCUT2D eigenvalue weighted by Crippen LogP contribution is -2.53. The Morgan fingerprint density at radius 2 is 1.62 bits per heavy atom. The van der Waals surface area contributed by atoms with E-state index in [1.165, 1.54) is 30.2 Å². The van der Waals surface area contributed by atoms with Crippen molar-refractivity contribution in [1.82, 2.24) is 10.2 Å². The third-order valence-corrected chi connectivity index (χ3v) is 8.24. The van der Waals surface area contributed by atoms with Crippen molar-refractivity contribution in [2.75, 3.05) is 30.8 Å². The lowest BCUT2D eigenvalue weighted by molar-refractivity contribution is -0.140. The Balaban J connectivity index is 2.07. The molecule has 0 aliphatic heterocycles. The first kappa shape index (κ1) is 31.5. The highest BCUT2D eigenvalue weighted by Gasteiger charge is 2.33. The maximum absolute atomic E-state index is 14.0. The third kappa shape index (κ3) is 8.27. The number of anilines is 1. The van der Waals surface area contributed by atoms with Gasteiger partial charge in [0.05, 0.1) is 34.1 Å². The van der Waals surface area contributed by atoms with Crippen molar-refractivity contribution < 1.29 is 22.7 Å². The van der Waals surface area contributed by atoms with Gasteiger partial charge in [-0.15, -0.1) is 0 Å². The molecule has 0 aromatic heterocycles. The van der Waals surface area contributed by atoms with Gasteiger partial charge in [-0.2, -0.15) is 0 Å². The van der Waals surface area contributed by atoms with Crippen LogP contribution in [0.25, 0.3) is 0 Å². The number of halogens is 3. The first-order chi connectivity index (χ1) is 18.9. The van der Waals surface area contributed by atoms with E-state index >= 15 is 0 Å². The Labute approximate surface area is 249 Å². The topological polar surface area (TPSA) is 96.0 Å². The highest BCUT2D eigenvalue weighted by molar-refractivity contribution is 7.92. The molecule has 1 unspecified atom stereocenters. The van der Waals surface area contributed by atoms with Crippen molar-refractivity contribution in [3.63, 3.8) is 0 Å². The molecule has 0 heterocycles. The number of amides is 2. The highest BCUT2D eigenvalue weighted by atomic mass is 35.5. The molecule has 3 aromatic carbocycles. The van der Waals surface area contributed by atoms with Gasteiger partial charge in [-0.25, -0.2) is 8.42 Å². The summed E-state index contributed by atoms with van der Waals surface area (Å²) in [5, 5.41) is 3.61. The van der Waals surface area contributed by atoms with E-state index in [-0.39, 0.29) is 34.6 Å². The SMILES string of the molecule is CCNC(=O)C(Cc1ccccc1)N(Cc1ccc(Cl)c(Cl)c1)C(=O)CN(c1ccc(OC)c(Cl)c1)S(C)(=O)=O. The molecule has 40 heavy (non-hydrogen) atoms. The fourth-order valence-corrected chi connectivity index (χ4v) is 5.52. The summed E-state index contributed by atoms with van der Waals surface area (Å²) in [7, 11) is -2.50. The predicted octanol–water partition coefficient (Wildman–Crippen LogP) is 5.20. The van der Waals surface area contributed by atoms with Gasteiger partial charge in [-0.05, 0) is 48.4 Å². The lowest BCUT2D eigenvalue weighted by Gasteiger charge is -2.33. The second kappa shape index (κ2) is 14.1. The molecule has 214 valence electrons. The van der Waals surface area contributed by atoms with Crippen molar-refractivity contribution >= 4 is 62.3 Å². The first-order valence-corrected chi connectivity index (χ1v) is 15.3. The van der Waals surface area contributed by atoms with Gasteiger partial charge in [0.1, 0.15) is 18.3 Å². The average Bonchev–Trinajstić information content (AvgIpc) is 2.91. The molecule has 1 atom stereocenters. The number of benzene rings is 3. The summed E-state index contributed by atoms with van der Waals surface area (Å²) in [6, 6.07) is 17.6. The number of carbonyl (C=O) groups is 2. The van der Waals surface area contributed by atoms with Crippen LogP contribution in [0.4, 0.5) is 5.69 Å². The molecular formula is C28H30Cl3N3O5S. The summed E-state index contributed by atoms with van der Waals surface area (Å²) in [5.41, 5.74) is 1.62. The Morgan fingerprint density at radius 3 is 2.20 bits per heavy atom. The summed E-state index contributed by atoms with van der Waals surface area (Å²) in [6.45, 7) is 1.53. The van der Waals surface area contributed by atoms with Crippen molar-refractivity contribution in [1.29, 1.82) is 0 Å². The molecule has 0 spiro atoms. The van der Waals surface area contributed by atoms with Crippen LogP contribution in [0.3, 0.4) is 0 Å². The number of hydrogen-bond acceptors (Lipinski definition) is 5. The van der Waals surface area contributed by atoms with E-state index in [0.717, 1.165) is 16.1 Å². The number of carbonyl (C=O) groups excluding carboxylic acids is 2. The largest absolute Gasteiger partial charge is 0.495 e. The van der Waals surface area contributed by atoms with E-state index in [1.54, 1.807) is 25.1 Å². The maximum Gasteiger partial charge on any atom is 0.244 e. The van der Waals surface area contributed by atoms with Crippen molar-refractivity contribution in [3.8, 4) is 5.75 Å². The summed E-state index contributed by atoms with van der Waals surface area (Å²) in [6.07, 6.45) is 1.19. The number of hydrogen-bond donors (Lipinski definition) is 1. The molecular weight excluding hydrogens is 597 g/mol. The zero-order chi connectivity index (χ0) is 29.4. The number of rotatable bonds is 12. The summed E-state index contributed by atoms with van der Waals surface area (Å²) in [4.78, 5) is 28.7. The fraction of sp³-hybridized carbons (Fsp3) is 0.286. The normalized spacial score (nSPS) is 11.9. The summed E-state index contributed by atoms with van der Waals surface area (Å²) >= 11 is 18.6. The molecule has 0 aliphatic carbocycles. The molecule has 0 radical (unpaired) electrons. The van der Waals surface area contributed by atoms with Gasteiger partial charge in [0.25, 0.3) is 0 Å². The molecule has 3 aromatic rings. The predicted molar refractivity (Wildman–Crippen MR) is 160 cm³/mol. The van der Waals surface area contributed by atoms with Crippen LogP contribution in [0.15, 0.2) is 66.7 Å². The number of likely N-dealkylation sites (N-methyl/N-ethyl adjacent to an activating group) is 1. The fourth-order valence-electron chi connectivity index (χ4n) is 4.10. The van der Waals surface area contributed by atoms with Crippen LogP contribution in [0.2, 0.25) is 15.1 Å². The van der Waals surface area contributed by atoms with Gasteiger partial charge in [0, 0.05) is 19.5 Å². The van der Waals surface area contributed by atoms with E-state index in [9.17, 15) is 18.0 Å². The Bertz CT molecular complexity index is 1450. The lowest BCUT2D eigenvalue weighted by atomic mass is 10.0. The first-order valence-electron chi connectivity index (χ1n) is 12.3. The number of ether oxygens (including phenoxy) is 1. The highest BCUT2D eigenvalue weighted by Crippen LogP contribution is 2.31. The van der Waals surface area contributed by atoms with Crippen LogP contribution >= 0.6 is 34.8 Å². The van der Waals surface area contributed by atoms with Crippen LogP contribution in [-0.4, -0.2) is 57.6 Å². The number of nitrogens with one attached hydrogen (secondary N) is 1. The van der Waals surface area contributed by atoms with Gasteiger partial charge in [0.2, 0.25) is 21.8 Å². The quantitative estimate of drug-likeness (QED) is 0.298. The summed E-state index contributed by atoms with van der Waals surface area (Å²) < 4.78 is 31.8. The Hall–Kier alpha value is -2.98. The zero-order valence-corrected chi connectivity index (χ0v) is 25.3. The average molecular weight is 627 g/mol. The maximum atomic E-state index is 14.0. The molecule has 3 rings (SSSR count). The van der Waals surface area contributed by atoms with Gasteiger partial charge >= 0.3 is 0 Å². The molecule has 2 amide bonds. The Kier molecular flexibility index (Phi) is 11.1. The number of methoxy groups -OCH3 is 1. The molecule has 0 fully saturated rings. The van der Waals surface area contributed by atoms with Gasteiger partial charge in [-0.3, -0.25) is 13.9 Å². The second-order valence-electron chi connectivity index (χ2n) is 8.96. The molecule has 12 heteroatoms. The minimum absolute atomic E-state index is 0.0225. The van der Waals surface area contributed by atoms with Crippen LogP contribution in [-0.2, 0) is 32.6 Å². The van der Waals surface area contributed by atoms with Crippen molar-refractivity contribution in [3.05, 3.63) is 92.9 Å². The molecule has 8 nitrogen and oxygen atoms in total.